The molecule has 0 spiro atoms. The van der Waals surface area contributed by atoms with Crippen LogP contribution >= 0.6 is 114 Å². The second-order valence-corrected chi connectivity index (χ2v) is 31.9. The first-order valence-electron chi connectivity index (χ1n) is 17.5. The fraction of sp³-hybridized carbons (Fsp3) is 0.182. The maximum atomic E-state index is 2.34. The van der Waals surface area contributed by atoms with Gasteiger partial charge in [-0.25, -0.2) is 0 Å². The zero-order chi connectivity index (χ0) is 38.5. The summed E-state index contributed by atoms with van der Waals surface area (Å²) in [6.45, 7) is 9.34. The Morgan fingerprint density at radius 2 is 0.436 bits per heavy atom. The summed E-state index contributed by atoms with van der Waals surface area (Å²) in [5, 5.41) is 0. The van der Waals surface area contributed by atoms with Crippen LogP contribution < -0.4 is 0 Å². The van der Waals surface area contributed by atoms with E-state index in [1.54, 1.807) is 0 Å². The standard InChI is InChI=1S/C44H42S11/c1-41(2,45-51-49-43(35-23-11-5-12-24-35,36-25-13-6-14-26-36)37-27-15-7-16-28-37)47-53-55-54-48-42(3,4)46-52-50-44(38-29-17-8-18-30-38,39-31-19-9-20-32-39)40-33-21-10-22-34-40/h5-34H,1-4H3. The van der Waals surface area contributed by atoms with Crippen LogP contribution in [-0.4, -0.2) is 8.16 Å². The van der Waals surface area contributed by atoms with Gasteiger partial charge in [0.1, 0.15) is 9.49 Å². The summed E-state index contributed by atoms with van der Waals surface area (Å²) < 4.78 is -0.663. The highest BCUT2D eigenvalue weighted by Crippen LogP contribution is 2.65. The van der Waals surface area contributed by atoms with Gasteiger partial charge in [0, 0.05) is 0 Å². The van der Waals surface area contributed by atoms with Gasteiger partial charge in [-0.2, -0.15) is 0 Å². The van der Waals surface area contributed by atoms with Gasteiger partial charge >= 0.3 is 0 Å². The predicted molar refractivity (Wildman–Crippen MR) is 270 cm³/mol. The van der Waals surface area contributed by atoms with Crippen molar-refractivity contribution in [2.45, 2.75) is 45.3 Å². The Morgan fingerprint density at radius 1 is 0.236 bits per heavy atom. The van der Waals surface area contributed by atoms with Crippen LogP contribution in [0.5, 0.6) is 0 Å². The molecule has 0 heterocycles. The lowest BCUT2D eigenvalue weighted by atomic mass is 9.84. The van der Waals surface area contributed by atoms with Crippen molar-refractivity contribution in [1.29, 1.82) is 0 Å². The van der Waals surface area contributed by atoms with Crippen LogP contribution in [0.25, 0.3) is 0 Å². The topological polar surface area (TPSA) is 0 Å². The highest BCUT2D eigenvalue weighted by molar-refractivity contribution is 9.36. The SMILES string of the molecule is CC(C)(SSSSSC(C)(C)SSSC(c1ccccc1)(c1ccccc1)c1ccccc1)SSSC(c1ccccc1)(c1ccccc1)c1ccccc1. The molecule has 0 aromatic heterocycles. The molecule has 6 aromatic rings. The van der Waals surface area contributed by atoms with Gasteiger partial charge in [-0.05, 0) is 110 Å². The van der Waals surface area contributed by atoms with E-state index in [0.717, 1.165) is 0 Å². The maximum absolute atomic E-state index is 2.34. The minimum atomic E-state index is -0.334. The Bertz CT molecular complexity index is 1640. The molecular weight excluding hydrogens is 881 g/mol. The van der Waals surface area contributed by atoms with Gasteiger partial charge in [0.15, 0.2) is 0 Å². The number of hydrogen-bond donors (Lipinski definition) is 0. The van der Waals surface area contributed by atoms with Gasteiger partial charge in [-0.3, -0.25) is 0 Å². The smallest absolute Gasteiger partial charge is 0.0643 e. The Hall–Kier alpha value is -0.830. The van der Waals surface area contributed by atoms with Gasteiger partial charge in [0.2, 0.25) is 0 Å². The number of hydrogen-bond acceptors (Lipinski definition) is 11. The number of benzene rings is 6. The molecule has 0 fully saturated rings. The molecule has 0 amide bonds. The van der Waals surface area contributed by atoms with E-state index in [1.807, 2.05) is 114 Å². The van der Waals surface area contributed by atoms with Crippen molar-refractivity contribution in [2.75, 3.05) is 0 Å². The quantitative estimate of drug-likeness (QED) is 0.0311. The van der Waals surface area contributed by atoms with Gasteiger partial charge in [-0.15, -0.1) is 0 Å². The Kier molecular flexibility index (Phi) is 17.0. The Balaban J connectivity index is 1.03. The van der Waals surface area contributed by atoms with E-state index in [1.165, 1.54) is 33.4 Å². The molecule has 0 aliphatic rings. The molecule has 0 aliphatic heterocycles. The molecule has 284 valence electrons. The molecule has 0 bridgehead atoms. The third kappa shape index (κ3) is 11.7. The van der Waals surface area contributed by atoms with Crippen LogP contribution in [0.4, 0.5) is 0 Å². The van der Waals surface area contributed by atoms with Crippen molar-refractivity contribution < 1.29 is 0 Å². The average Bonchev–Trinajstić information content (AvgIpc) is 3.23. The van der Waals surface area contributed by atoms with Crippen molar-refractivity contribution in [1.82, 2.24) is 0 Å². The van der Waals surface area contributed by atoms with Crippen LogP contribution in [0.15, 0.2) is 182 Å². The van der Waals surface area contributed by atoms with Gasteiger partial charge in [-0.1, -0.05) is 247 Å². The van der Waals surface area contributed by atoms with Crippen molar-refractivity contribution in [3.8, 4) is 0 Å². The van der Waals surface area contributed by atoms with Crippen LogP contribution in [-0.2, 0) is 9.49 Å². The van der Waals surface area contributed by atoms with E-state index in [4.69, 9.17) is 0 Å². The minimum absolute atomic E-state index is 0.00275. The lowest BCUT2D eigenvalue weighted by Gasteiger charge is -2.35. The van der Waals surface area contributed by atoms with E-state index in [2.05, 4.69) is 210 Å². The van der Waals surface area contributed by atoms with E-state index in [-0.39, 0.29) is 17.7 Å². The summed E-state index contributed by atoms with van der Waals surface area (Å²) in [6, 6.07) is 65.7. The number of rotatable bonds is 20. The second kappa shape index (κ2) is 21.4. The fourth-order valence-electron chi connectivity index (χ4n) is 5.86. The van der Waals surface area contributed by atoms with Crippen LogP contribution in [0.1, 0.15) is 61.1 Å². The highest BCUT2D eigenvalue weighted by atomic mass is 33.8. The Labute approximate surface area is 370 Å². The molecule has 0 radical (unpaired) electrons. The van der Waals surface area contributed by atoms with Crippen LogP contribution in [0.2, 0.25) is 0 Å². The zero-order valence-corrected chi connectivity index (χ0v) is 39.8. The normalized spacial score (nSPS) is 12.4. The molecule has 11 heteroatoms. The second-order valence-electron chi connectivity index (χ2n) is 13.2. The van der Waals surface area contributed by atoms with Crippen molar-refractivity contribution in [2.24, 2.45) is 0 Å². The lowest BCUT2D eigenvalue weighted by molar-refractivity contribution is 0.903. The summed E-state index contributed by atoms with van der Waals surface area (Å²) in [5.74, 6) is 0. The first kappa shape index (κ1) is 43.7. The molecule has 6 aromatic carbocycles. The third-order valence-corrected chi connectivity index (χ3v) is 30.4. The highest BCUT2D eigenvalue weighted by Gasteiger charge is 2.40. The van der Waals surface area contributed by atoms with Gasteiger partial charge in [0.05, 0.1) is 8.16 Å². The average molecular weight is 924 g/mol. The molecular formula is C44H42S11. The summed E-state index contributed by atoms with van der Waals surface area (Å²) in [4.78, 5) is 0. The molecule has 6 rings (SSSR count). The first-order chi connectivity index (χ1) is 26.8. The van der Waals surface area contributed by atoms with E-state index in [0.29, 0.717) is 0 Å². The van der Waals surface area contributed by atoms with E-state index in [9.17, 15) is 0 Å². The molecule has 0 unspecified atom stereocenters. The summed E-state index contributed by atoms with van der Waals surface area (Å²) >= 11 is 0. The van der Waals surface area contributed by atoms with E-state index >= 15 is 0 Å². The van der Waals surface area contributed by atoms with Crippen molar-refractivity contribution >= 4 is 114 Å². The van der Waals surface area contributed by atoms with Crippen LogP contribution in [0, 0.1) is 0 Å². The summed E-state index contributed by atoms with van der Waals surface area (Å²) in [7, 11) is 21.1. The molecule has 0 aliphatic carbocycles. The first-order valence-corrected chi connectivity index (χ1v) is 30.6. The van der Waals surface area contributed by atoms with E-state index < -0.39 is 0 Å². The van der Waals surface area contributed by atoms with Gasteiger partial charge in [0.25, 0.3) is 0 Å². The predicted octanol–water partition coefficient (Wildman–Crippen LogP) is 17.8. The summed E-state index contributed by atoms with van der Waals surface area (Å²) in [6.07, 6.45) is 0. The Morgan fingerprint density at radius 3 is 0.655 bits per heavy atom. The minimum Gasteiger partial charge on any atom is -0.0643 e. The molecule has 0 N–H and O–H groups in total. The zero-order valence-electron chi connectivity index (χ0n) is 30.8. The third-order valence-electron chi connectivity index (χ3n) is 8.39. The fourth-order valence-corrected chi connectivity index (χ4v) is 31.2. The monoisotopic (exact) mass is 922 g/mol. The van der Waals surface area contributed by atoms with Crippen molar-refractivity contribution in [3.05, 3.63) is 215 Å². The maximum Gasteiger partial charge on any atom is 0.102 e. The van der Waals surface area contributed by atoms with Crippen LogP contribution in [0.3, 0.4) is 0 Å². The molecule has 0 nitrogen and oxygen atoms in total. The lowest BCUT2D eigenvalue weighted by Crippen LogP contribution is -2.24. The molecule has 0 saturated carbocycles. The molecule has 0 atom stereocenters. The molecule has 0 saturated heterocycles. The van der Waals surface area contributed by atoms with Gasteiger partial charge < -0.3 is 0 Å². The summed E-state index contributed by atoms with van der Waals surface area (Å²) in [5.41, 5.74) is 7.73. The van der Waals surface area contributed by atoms with Crippen molar-refractivity contribution in [3.63, 3.8) is 0 Å². The largest absolute Gasteiger partial charge is 0.102 e. The molecule has 55 heavy (non-hydrogen) atoms.